The van der Waals surface area contributed by atoms with Gasteiger partial charge in [-0.1, -0.05) is 0 Å². The molecule has 0 aromatic rings. The molecule has 0 amide bonds. The number of hydrogen-bond donors (Lipinski definition) is 2. The van der Waals surface area contributed by atoms with Crippen LogP contribution in [-0.4, -0.2) is 54.4 Å². The van der Waals surface area contributed by atoms with Crippen LogP contribution in [0.25, 0.3) is 0 Å². The van der Waals surface area contributed by atoms with Crippen molar-refractivity contribution in [3.8, 4) is 0 Å². The van der Waals surface area contributed by atoms with Gasteiger partial charge in [0.2, 0.25) is 0 Å². The van der Waals surface area contributed by atoms with E-state index in [1.807, 2.05) is 0 Å². The highest BCUT2D eigenvalue weighted by molar-refractivity contribution is 7.88. The number of aliphatic hydroxyl groups is 1. The molecular weight excluding hydrogens is 427 g/mol. The highest BCUT2D eigenvalue weighted by Crippen LogP contribution is 2.61. The lowest BCUT2D eigenvalue weighted by atomic mass is 9.54. The highest BCUT2D eigenvalue weighted by Gasteiger charge is 2.69. The summed E-state index contributed by atoms with van der Waals surface area (Å²) in [6, 6.07) is 0. The molecule has 4 saturated carbocycles. The summed E-state index contributed by atoms with van der Waals surface area (Å²) in [5.74, 6) is -0.637. The maximum Gasteiger partial charge on any atom is 0.423 e. The Kier molecular flexibility index (Phi) is 4.49. The van der Waals surface area contributed by atoms with Gasteiger partial charge in [-0.05, 0) is 50.4 Å². The first-order valence-electron chi connectivity index (χ1n) is 7.98. The third kappa shape index (κ3) is 3.36. The van der Waals surface area contributed by atoms with E-state index in [0.29, 0.717) is 6.42 Å². The summed E-state index contributed by atoms with van der Waals surface area (Å²) < 4.78 is 123. The van der Waals surface area contributed by atoms with Gasteiger partial charge in [-0.25, -0.2) is 4.18 Å². The van der Waals surface area contributed by atoms with Gasteiger partial charge in [-0.15, -0.1) is 0 Å². The van der Waals surface area contributed by atoms with Crippen LogP contribution < -0.4 is 0 Å². The Morgan fingerprint density at radius 1 is 0.963 bits per heavy atom. The largest absolute Gasteiger partial charge is 0.423 e. The van der Waals surface area contributed by atoms with Gasteiger partial charge < -0.3 is 5.11 Å². The maximum absolute atomic E-state index is 13.7. The fourth-order valence-electron chi connectivity index (χ4n) is 5.09. The van der Waals surface area contributed by atoms with E-state index in [4.69, 9.17) is 4.55 Å². The summed E-state index contributed by atoms with van der Waals surface area (Å²) in [6.45, 7) is 0. The summed E-state index contributed by atoms with van der Waals surface area (Å²) in [7, 11) is -12.0. The summed E-state index contributed by atoms with van der Waals surface area (Å²) >= 11 is 0. The van der Waals surface area contributed by atoms with Crippen LogP contribution in [0.4, 0.5) is 22.0 Å². The van der Waals surface area contributed by atoms with Gasteiger partial charge in [0.1, 0.15) is 4.75 Å². The Balaban J connectivity index is 1.99. The minimum Gasteiger partial charge on any atom is -0.390 e. The van der Waals surface area contributed by atoms with Gasteiger partial charge in [-0.3, -0.25) is 4.55 Å². The van der Waals surface area contributed by atoms with Crippen molar-refractivity contribution in [1.82, 2.24) is 0 Å². The smallest absolute Gasteiger partial charge is 0.390 e. The van der Waals surface area contributed by atoms with Gasteiger partial charge >= 0.3 is 21.5 Å². The van der Waals surface area contributed by atoms with E-state index in [1.165, 1.54) is 0 Å². The van der Waals surface area contributed by atoms with Crippen LogP contribution in [0.15, 0.2) is 0 Å². The van der Waals surface area contributed by atoms with Crippen LogP contribution in [-0.2, 0) is 24.4 Å². The zero-order valence-corrected chi connectivity index (χ0v) is 15.2. The molecule has 0 aliphatic heterocycles. The average molecular weight is 444 g/mol. The van der Waals surface area contributed by atoms with Crippen LogP contribution >= 0.6 is 0 Å². The SMILES string of the molecule is O=S(=O)(O)C(F)(F)C(OS(=O)(=O)C12CC3CC(CC(O)(C3)C1)C2)C(F)(F)F. The lowest BCUT2D eigenvalue weighted by molar-refractivity contribution is -0.239. The average Bonchev–Trinajstić information content (AvgIpc) is 2.39. The van der Waals surface area contributed by atoms with Crippen molar-refractivity contribution in [3.63, 3.8) is 0 Å². The number of halogens is 5. The van der Waals surface area contributed by atoms with Crippen LogP contribution in [0.5, 0.6) is 0 Å². The molecule has 0 radical (unpaired) electrons. The molecule has 0 spiro atoms. The lowest BCUT2D eigenvalue weighted by Crippen LogP contribution is -2.63. The molecule has 3 unspecified atom stereocenters. The normalized spacial score (nSPS) is 38.2. The molecule has 0 heterocycles. The van der Waals surface area contributed by atoms with Crippen molar-refractivity contribution >= 4 is 20.2 Å². The molecule has 0 aromatic heterocycles. The molecule has 27 heavy (non-hydrogen) atoms. The molecule has 158 valence electrons. The zero-order valence-electron chi connectivity index (χ0n) is 13.6. The first-order chi connectivity index (χ1) is 11.9. The molecule has 4 aliphatic rings. The summed E-state index contributed by atoms with van der Waals surface area (Å²) in [4.78, 5) is 0. The molecule has 0 aromatic carbocycles. The van der Waals surface area contributed by atoms with E-state index in [-0.39, 0.29) is 37.5 Å². The quantitative estimate of drug-likeness (QED) is 0.377. The van der Waals surface area contributed by atoms with Crippen LogP contribution in [0.2, 0.25) is 0 Å². The van der Waals surface area contributed by atoms with Crippen molar-refractivity contribution in [3.05, 3.63) is 0 Å². The fraction of sp³-hybridized carbons (Fsp3) is 1.00. The van der Waals surface area contributed by atoms with E-state index in [2.05, 4.69) is 4.18 Å². The standard InChI is InChI=1S/C13H17F5O7S2/c14-12(15,16)9(13(17,18)26(20,21)22)25-27(23,24)11-4-7-1-8(5-11)3-10(19,2-7)6-11/h7-9,19H,1-6H2,(H,20,21,22). The van der Waals surface area contributed by atoms with Crippen molar-refractivity contribution in [1.29, 1.82) is 0 Å². The predicted octanol–water partition coefficient (Wildman–Crippen LogP) is 1.83. The molecule has 14 heteroatoms. The molecule has 4 rings (SSSR count). The Labute approximate surface area is 151 Å². The number of hydrogen-bond acceptors (Lipinski definition) is 6. The van der Waals surface area contributed by atoms with Gasteiger partial charge in [0.25, 0.3) is 16.2 Å². The first kappa shape index (κ1) is 21.1. The van der Waals surface area contributed by atoms with E-state index in [9.17, 15) is 43.9 Å². The topological polar surface area (TPSA) is 118 Å². The first-order valence-corrected chi connectivity index (χ1v) is 10.8. The summed E-state index contributed by atoms with van der Waals surface area (Å²) in [5, 5.41) is 4.55. The Bertz CT molecular complexity index is 822. The maximum atomic E-state index is 13.7. The van der Waals surface area contributed by atoms with E-state index in [1.54, 1.807) is 0 Å². The Hall–Kier alpha value is -0.570. The molecule has 4 aliphatic carbocycles. The predicted molar refractivity (Wildman–Crippen MR) is 78.7 cm³/mol. The lowest BCUT2D eigenvalue weighted by Gasteiger charge is -2.59. The van der Waals surface area contributed by atoms with Gasteiger partial charge in [-0.2, -0.15) is 38.8 Å². The van der Waals surface area contributed by atoms with Gasteiger partial charge in [0, 0.05) is 0 Å². The minimum absolute atomic E-state index is 0.170. The second-order valence-electron chi connectivity index (χ2n) is 7.88. The van der Waals surface area contributed by atoms with E-state index < -0.39 is 54.5 Å². The van der Waals surface area contributed by atoms with Gasteiger partial charge in [0.05, 0.1) is 5.60 Å². The zero-order chi connectivity index (χ0) is 20.7. The third-order valence-corrected chi connectivity index (χ3v) is 8.56. The van der Waals surface area contributed by atoms with Crippen molar-refractivity contribution in [2.75, 3.05) is 0 Å². The second-order valence-corrected chi connectivity index (χ2v) is 11.3. The Morgan fingerprint density at radius 3 is 1.81 bits per heavy atom. The van der Waals surface area contributed by atoms with Crippen molar-refractivity contribution < 1.29 is 52.6 Å². The molecule has 0 saturated heterocycles. The van der Waals surface area contributed by atoms with Crippen LogP contribution in [0.3, 0.4) is 0 Å². The van der Waals surface area contributed by atoms with E-state index >= 15 is 0 Å². The van der Waals surface area contributed by atoms with Crippen LogP contribution in [0, 0.1) is 11.8 Å². The van der Waals surface area contributed by atoms with Gasteiger partial charge in [0.15, 0.2) is 0 Å². The molecule has 2 N–H and O–H groups in total. The molecule has 3 atom stereocenters. The third-order valence-electron chi connectivity index (χ3n) is 5.68. The van der Waals surface area contributed by atoms with E-state index in [0.717, 1.165) is 0 Å². The molecule has 4 fully saturated rings. The summed E-state index contributed by atoms with van der Waals surface area (Å²) in [6.07, 6.45) is -10.5. The Morgan fingerprint density at radius 2 is 1.44 bits per heavy atom. The minimum atomic E-state index is -6.62. The fourth-order valence-corrected chi connectivity index (χ4v) is 7.61. The second kappa shape index (κ2) is 5.74. The number of rotatable bonds is 5. The highest BCUT2D eigenvalue weighted by atomic mass is 32.2. The molecule has 7 nitrogen and oxygen atoms in total. The molecular formula is C13H17F5O7S2. The number of alkyl halides is 5. The monoisotopic (exact) mass is 444 g/mol. The van der Waals surface area contributed by atoms with Crippen LogP contribution in [0.1, 0.15) is 38.5 Å². The summed E-state index contributed by atoms with van der Waals surface area (Å²) in [5.41, 5.74) is -1.44. The molecule has 4 bridgehead atoms. The van der Waals surface area contributed by atoms with Crippen molar-refractivity contribution in [2.24, 2.45) is 11.8 Å². The van der Waals surface area contributed by atoms with Crippen molar-refractivity contribution in [2.45, 2.75) is 66.4 Å².